The molecule has 0 saturated carbocycles. The first kappa shape index (κ1) is 21.6. The van der Waals surface area contributed by atoms with Gasteiger partial charge < -0.3 is 15.2 Å². The molecule has 2 N–H and O–H groups in total. The molecule has 3 aromatic rings. The molecular formula is C21H19ClFN3O4. The summed E-state index contributed by atoms with van der Waals surface area (Å²) in [4.78, 5) is 25.6. The molecule has 156 valence electrons. The Labute approximate surface area is 176 Å². The predicted molar refractivity (Wildman–Crippen MR) is 110 cm³/mol. The molecule has 9 heteroatoms. The fraction of sp³-hybridized carbons (Fsp3) is 0.190. The number of halogens is 2. The van der Waals surface area contributed by atoms with Gasteiger partial charge in [-0.1, -0.05) is 29.8 Å². The Bertz CT molecular complexity index is 1100. The quantitative estimate of drug-likeness (QED) is 0.599. The predicted octanol–water partition coefficient (Wildman–Crippen LogP) is 2.43. The highest BCUT2D eigenvalue weighted by Gasteiger charge is 2.18. The number of nitrogens with zero attached hydrogens (tertiary/aromatic N) is 2. The van der Waals surface area contributed by atoms with Crippen LogP contribution in [0.4, 0.5) is 4.39 Å². The van der Waals surface area contributed by atoms with E-state index in [-0.39, 0.29) is 24.4 Å². The van der Waals surface area contributed by atoms with E-state index in [0.29, 0.717) is 16.3 Å². The topological polar surface area (TPSA) is 93.4 Å². The number of nitrogens with one attached hydrogen (secondary N) is 1. The van der Waals surface area contributed by atoms with Crippen molar-refractivity contribution in [3.63, 3.8) is 0 Å². The Morgan fingerprint density at radius 3 is 2.67 bits per heavy atom. The highest BCUT2D eigenvalue weighted by atomic mass is 35.5. The number of hydrogen-bond donors (Lipinski definition) is 2. The zero-order valence-electron chi connectivity index (χ0n) is 16.0. The molecule has 0 radical (unpaired) electrons. The minimum Gasteiger partial charge on any atom is -0.389 e. The maximum atomic E-state index is 13.7. The second-order valence-electron chi connectivity index (χ2n) is 6.47. The number of amides is 1. The first-order valence-electron chi connectivity index (χ1n) is 9.00. The number of carbonyl (C=O) groups excluding carboxylic acids is 1. The number of benzene rings is 2. The van der Waals surface area contributed by atoms with E-state index in [0.717, 1.165) is 10.7 Å². The van der Waals surface area contributed by atoms with Crippen LogP contribution in [0.5, 0.6) is 0 Å². The lowest BCUT2D eigenvalue weighted by atomic mass is 10.1. The van der Waals surface area contributed by atoms with Crippen molar-refractivity contribution in [3.05, 3.63) is 81.4 Å². The first-order chi connectivity index (χ1) is 14.4. The standard InChI is InChI=1S/C21H19ClFN3O4/c1-30-12-17(27)11-24-20(28)18-10-19(13-5-7-14(22)8-6-13)25-26(21(18)29)16-4-2-3-15(23)9-16/h2-10,17,27H,11-12H2,1H3,(H,24,28)/t17-/m0/s1. The number of methoxy groups -OCH3 is 1. The van der Waals surface area contributed by atoms with Crippen LogP contribution in [0, 0.1) is 5.82 Å². The van der Waals surface area contributed by atoms with Gasteiger partial charge in [0.25, 0.3) is 11.5 Å². The SMILES string of the molecule is COC[C@@H](O)CNC(=O)c1cc(-c2ccc(Cl)cc2)nn(-c2cccc(F)c2)c1=O. The van der Waals surface area contributed by atoms with Crippen LogP contribution < -0.4 is 10.9 Å². The van der Waals surface area contributed by atoms with E-state index in [2.05, 4.69) is 10.4 Å². The average molecular weight is 432 g/mol. The summed E-state index contributed by atoms with van der Waals surface area (Å²) in [5.74, 6) is -1.25. The van der Waals surface area contributed by atoms with Gasteiger partial charge in [0.1, 0.15) is 11.4 Å². The Morgan fingerprint density at radius 2 is 2.00 bits per heavy atom. The van der Waals surface area contributed by atoms with Crippen LogP contribution in [0.1, 0.15) is 10.4 Å². The molecule has 0 fully saturated rings. The minimum atomic E-state index is -0.929. The van der Waals surface area contributed by atoms with Gasteiger partial charge in [0, 0.05) is 24.2 Å². The molecule has 1 amide bonds. The lowest BCUT2D eigenvalue weighted by Gasteiger charge is -2.13. The summed E-state index contributed by atoms with van der Waals surface area (Å²) in [6.45, 7) is -0.0785. The molecule has 0 unspecified atom stereocenters. The van der Waals surface area contributed by atoms with Crippen LogP contribution in [0.25, 0.3) is 16.9 Å². The lowest BCUT2D eigenvalue weighted by Crippen LogP contribution is -2.38. The third-order valence-electron chi connectivity index (χ3n) is 4.21. The second-order valence-corrected chi connectivity index (χ2v) is 6.90. The zero-order valence-corrected chi connectivity index (χ0v) is 16.8. The van der Waals surface area contributed by atoms with Crippen LogP contribution in [-0.4, -0.2) is 47.2 Å². The number of hydrogen-bond acceptors (Lipinski definition) is 5. The van der Waals surface area contributed by atoms with E-state index < -0.39 is 23.4 Å². The number of aliphatic hydroxyl groups is 1. The van der Waals surface area contributed by atoms with Crippen molar-refractivity contribution >= 4 is 17.5 Å². The van der Waals surface area contributed by atoms with E-state index in [4.69, 9.17) is 16.3 Å². The molecule has 1 aromatic heterocycles. The fourth-order valence-electron chi connectivity index (χ4n) is 2.76. The monoisotopic (exact) mass is 431 g/mol. The lowest BCUT2D eigenvalue weighted by molar-refractivity contribution is 0.0609. The third-order valence-corrected chi connectivity index (χ3v) is 4.46. The summed E-state index contributed by atoms with van der Waals surface area (Å²) in [6.07, 6.45) is -0.929. The largest absolute Gasteiger partial charge is 0.389 e. The molecule has 30 heavy (non-hydrogen) atoms. The van der Waals surface area contributed by atoms with Gasteiger partial charge in [-0.15, -0.1) is 0 Å². The van der Waals surface area contributed by atoms with Crippen molar-refractivity contribution in [2.45, 2.75) is 6.10 Å². The Hall–Kier alpha value is -3.07. The van der Waals surface area contributed by atoms with Gasteiger partial charge in [0.05, 0.1) is 24.1 Å². The number of rotatable bonds is 7. The number of ether oxygens (including phenoxy) is 1. The molecule has 2 aromatic carbocycles. The molecular weight excluding hydrogens is 413 g/mol. The summed E-state index contributed by atoms with van der Waals surface area (Å²) >= 11 is 5.93. The van der Waals surface area contributed by atoms with Gasteiger partial charge in [-0.25, -0.2) is 4.39 Å². The van der Waals surface area contributed by atoms with Crippen LogP contribution in [-0.2, 0) is 4.74 Å². The van der Waals surface area contributed by atoms with Crippen molar-refractivity contribution in [2.24, 2.45) is 0 Å². The summed E-state index contributed by atoms with van der Waals surface area (Å²) in [5.41, 5.74) is 0.168. The molecule has 3 rings (SSSR count). The number of aromatic nitrogens is 2. The molecule has 0 spiro atoms. The summed E-state index contributed by atoms with van der Waals surface area (Å²) in [6, 6.07) is 13.4. The molecule has 7 nitrogen and oxygen atoms in total. The summed E-state index contributed by atoms with van der Waals surface area (Å²) in [7, 11) is 1.42. The Kier molecular flexibility index (Phi) is 6.94. The van der Waals surface area contributed by atoms with Crippen molar-refractivity contribution in [2.75, 3.05) is 20.3 Å². The van der Waals surface area contributed by atoms with Gasteiger partial charge in [0.15, 0.2) is 0 Å². The number of carbonyl (C=O) groups is 1. The third kappa shape index (κ3) is 5.10. The van der Waals surface area contributed by atoms with Gasteiger partial charge >= 0.3 is 0 Å². The van der Waals surface area contributed by atoms with E-state index in [1.165, 1.54) is 31.4 Å². The van der Waals surface area contributed by atoms with Gasteiger partial charge in [-0.05, 0) is 36.4 Å². The maximum absolute atomic E-state index is 13.7. The van der Waals surface area contributed by atoms with Crippen molar-refractivity contribution in [1.29, 1.82) is 0 Å². The van der Waals surface area contributed by atoms with Crippen LogP contribution in [0.2, 0.25) is 5.02 Å². The van der Waals surface area contributed by atoms with Crippen LogP contribution in [0.3, 0.4) is 0 Å². The molecule has 0 aliphatic rings. The molecule has 0 bridgehead atoms. The normalized spacial score (nSPS) is 11.9. The molecule has 1 heterocycles. The highest BCUT2D eigenvalue weighted by molar-refractivity contribution is 6.30. The Morgan fingerprint density at radius 1 is 1.27 bits per heavy atom. The smallest absolute Gasteiger partial charge is 0.284 e. The van der Waals surface area contributed by atoms with Crippen molar-refractivity contribution in [1.82, 2.24) is 15.1 Å². The van der Waals surface area contributed by atoms with Crippen LogP contribution in [0.15, 0.2) is 59.4 Å². The van der Waals surface area contributed by atoms with E-state index in [1.807, 2.05) is 0 Å². The number of aliphatic hydroxyl groups excluding tert-OH is 1. The van der Waals surface area contributed by atoms with Gasteiger partial charge in [-0.3, -0.25) is 9.59 Å². The molecule has 0 saturated heterocycles. The zero-order chi connectivity index (χ0) is 21.7. The maximum Gasteiger partial charge on any atom is 0.284 e. The van der Waals surface area contributed by atoms with E-state index in [1.54, 1.807) is 24.3 Å². The fourth-order valence-corrected chi connectivity index (χ4v) is 2.88. The second kappa shape index (κ2) is 9.62. The Balaban J connectivity index is 2.07. The molecule has 0 aliphatic heterocycles. The van der Waals surface area contributed by atoms with E-state index >= 15 is 0 Å². The van der Waals surface area contributed by atoms with Crippen LogP contribution >= 0.6 is 11.6 Å². The summed E-state index contributed by atoms with van der Waals surface area (Å²) in [5, 5.41) is 17.1. The first-order valence-corrected chi connectivity index (χ1v) is 9.38. The molecule has 0 aliphatic carbocycles. The summed E-state index contributed by atoms with van der Waals surface area (Å²) < 4.78 is 19.5. The minimum absolute atomic E-state index is 0.0280. The van der Waals surface area contributed by atoms with Crippen molar-refractivity contribution in [3.8, 4) is 16.9 Å². The van der Waals surface area contributed by atoms with E-state index in [9.17, 15) is 19.1 Å². The van der Waals surface area contributed by atoms with Crippen molar-refractivity contribution < 1.29 is 19.0 Å². The molecule has 1 atom stereocenters. The van der Waals surface area contributed by atoms with Gasteiger partial charge in [-0.2, -0.15) is 9.78 Å². The average Bonchev–Trinajstić information content (AvgIpc) is 2.73. The van der Waals surface area contributed by atoms with Gasteiger partial charge in [0.2, 0.25) is 0 Å². The highest BCUT2D eigenvalue weighted by Crippen LogP contribution is 2.20.